The number of methoxy groups -OCH3 is 2. The van der Waals surface area contributed by atoms with E-state index in [9.17, 15) is 19.2 Å². The van der Waals surface area contributed by atoms with Crippen molar-refractivity contribution in [2.24, 2.45) is 11.7 Å². The van der Waals surface area contributed by atoms with Gasteiger partial charge >= 0.3 is 11.9 Å². The minimum atomic E-state index is -0.726. The van der Waals surface area contributed by atoms with Gasteiger partial charge in [-0.3, -0.25) is 9.59 Å². The van der Waals surface area contributed by atoms with Crippen LogP contribution in [-0.2, 0) is 19.1 Å². The van der Waals surface area contributed by atoms with Crippen molar-refractivity contribution in [3.8, 4) is 0 Å². The first-order valence-electron chi connectivity index (χ1n) is 7.84. The van der Waals surface area contributed by atoms with E-state index >= 15 is 0 Å². The van der Waals surface area contributed by atoms with Crippen molar-refractivity contribution in [2.75, 3.05) is 26.1 Å². The van der Waals surface area contributed by atoms with Gasteiger partial charge in [0, 0.05) is 5.69 Å². The number of rotatable bonds is 7. The van der Waals surface area contributed by atoms with E-state index in [-0.39, 0.29) is 41.7 Å². The van der Waals surface area contributed by atoms with Gasteiger partial charge in [0.15, 0.2) is 0 Å². The molecule has 10 heteroatoms. The van der Waals surface area contributed by atoms with Crippen molar-refractivity contribution in [2.45, 2.75) is 19.9 Å². The number of nitrogens with two attached hydrogens (primary N) is 1. The van der Waals surface area contributed by atoms with Gasteiger partial charge in [0.2, 0.25) is 11.8 Å². The third kappa shape index (κ3) is 7.24. The molecule has 27 heavy (non-hydrogen) atoms. The molecule has 0 fully saturated rings. The van der Waals surface area contributed by atoms with Gasteiger partial charge in [0.1, 0.15) is 0 Å². The Labute approximate surface area is 163 Å². The van der Waals surface area contributed by atoms with Crippen molar-refractivity contribution in [3.63, 3.8) is 0 Å². The molecular formula is C17H24ClN3O6. The average Bonchev–Trinajstić information content (AvgIpc) is 2.63. The zero-order chi connectivity index (χ0) is 19.9. The topological polar surface area (TPSA) is 137 Å². The van der Waals surface area contributed by atoms with Gasteiger partial charge in [-0.15, -0.1) is 12.4 Å². The first kappa shape index (κ1) is 24.4. The summed E-state index contributed by atoms with van der Waals surface area (Å²) < 4.78 is 9.24. The summed E-state index contributed by atoms with van der Waals surface area (Å²) in [4.78, 5) is 47.2. The van der Waals surface area contributed by atoms with E-state index in [1.165, 1.54) is 32.4 Å². The number of benzene rings is 1. The fraction of sp³-hybridized carbons (Fsp3) is 0.412. The van der Waals surface area contributed by atoms with Gasteiger partial charge in [-0.05, 0) is 24.1 Å². The molecule has 0 aliphatic heterocycles. The highest BCUT2D eigenvalue weighted by molar-refractivity contribution is 6.00. The van der Waals surface area contributed by atoms with Crippen molar-refractivity contribution in [1.29, 1.82) is 0 Å². The lowest BCUT2D eigenvalue weighted by Crippen LogP contribution is -2.46. The Morgan fingerprint density at radius 3 is 1.89 bits per heavy atom. The van der Waals surface area contributed by atoms with E-state index in [0.29, 0.717) is 0 Å². The summed E-state index contributed by atoms with van der Waals surface area (Å²) in [5, 5.41) is 4.92. The van der Waals surface area contributed by atoms with E-state index in [2.05, 4.69) is 20.1 Å². The van der Waals surface area contributed by atoms with Crippen molar-refractivity contribution in [1.82, 2.24) is 5.32 Å². The zero-order valence-corrected chi connectivity index (χ0v) is 16.3. The van der Waals surface area contributed by atoms with Crippen molar-refractivity contribution >= 4 is 41.8 Å². The smallest absolute Gasteiger partial charge is 0.337 e. The second-order valence-electron chi connectivity index (χ2n) is 5.82. The van der Waals surface area contributed by atoms with Crippen LogP contribution < -0.4 is 16.4 Å². The van der Waals surface area contributed by atoms with E-state index in [4.69, 9.17) is 5.73 Å². The quantitative estimate of drug-likeness (QED) is 0.572. The molecular weight excluding hydrogens is 378 g/mol. The number of ether oxygens (including phenoxy) is 2. The van der Waals surface area contributed by atoms with Gasteiger partial charge in [-0.1, -0.05) is 13.8 Å². The summed E-state index contributed by atoms with van der Waals surface area (Å²) in [6, 6.07) is 3.25. The highest BCUT2D eigenvalue weighted by Crippen LogP contribution is 2.17. The van der Waals surface area contributed by atoms with Crippen LogP contribution in [0, 0.1) is 5.92 Å². The SMILES string of the molecule is COC(=O)c1cc(NC(=O)CNC(=O)[C@@H](N)C(C)C)cc(C(=O)OC)c1.Cl. The molecule has 0 heterocycles. The van der Waals surface area contributed by atoms with Crippen molar-refractivity contribution in [3.05, 3.63) is 29.3 Å². The maximum absolute atomic E-state index is 12.0. The molecule has 0 aliphatic carbocycles. The summed E-state index contributed by atoms with van der Waals surface area (Å²) >= 11 is 0. The summed E-state index contributed by atoms with van der Waals surface area (Å²) in [7, 11) is 2.39. The predicted octanol–water partition coefficient (Wildman–Crippen LogP) is 0.720. The van der Waals surface area contributed by atoms with Crippen LogP contribution >= 0.6 is 12.4 Å². The highest BCUT2D eigenvalue weighted by Gasteiger charge is 2.18. The largest absolute Gasteiger partial charge is 0.465 e. The van der Waals surface area contributed by atoms with Gasteiger partial charge in [-0.2, -0.15) is 0 Å². The predicted molar refractivity (Wildman–Crippen MR) is 101 cm³/mol. The highest BCUT2D eigenvalue weighted by atomic mass is 35.5. The molecule has 150 valence electrons. The Morgan fingerprint density at radius 1 is 1.00 bits per heavy atom. The summed E-state index contributed by atoms with van der Waals surface area (Å²) in [6.07, 6.45) is 0. The maximum Gasteiger partial charge on any atom is 0.337 e. The number of carbonyl (C=O) groups excluding carboxylic acids is 4. The second kappa shape index (κ2) is 11.1. The molecule has 0 saturated carbocycles. The van der Waals surface area contributed by atoms with E-state index in [0.717, 1.165) is 0 Å². The molecule has 0 saturated heterocycles. The fourth-order valence-corrected chi connectivity index (χ4v) is 1.96. The molecule has 1 atom stereocenters. The van der Waals surface area contributed by atoms with Crippen LogP contribution in [0.3, 0.4) is 0 Å². The molecule has 0 aromatic heterocycles. The van der Waals surface area contributed by atoms with Gasteiger partial charge in [0.25, 0.3) is 0 Å². The molecule has 0 bridgehead atoms. The lowest BCUT2D eigenvalue weighted by Gasteiger charge is -2.15. The van der Waals surface area contributed by atoms with Crippen LogP contribution in [0.4, 0.5) is 5.69 Å². The summed E-state index contributed by atoms with van der Waals surface area (Å²) in [5.74, 6) is -2.43. The normalized spacial score (nSPS) is 11.0. The van der Waals surface area contributed by atoms with Crippen LogP contribution in [-0.4, -0.2) is 50.6 Å². The molecule has 4 N–H and O–H groups in total. The first-order valence-corrected chi connectivity index (χ1v) is 7.84. The van der Waals surface area contributed by atoms with Gasteiger partial charge in [0.05, 0.1) is 37.9 Å². The maximum atomic E-state index is 12.0. The number of carbonyl (C=O) groups is 4. The van der Waals surface area contributed by atoms with E-state index in [1.807, 2.05) is 0 Å². The van der Waals surface area contributed by atoms with Gasteiger partial charge < -0.3 is 25.8 Å². The number of anilines is 1. The Morgan fingerprint density at radius 2 is 1.48 bits per heavy atom. The number of hydrogen-bond donors (Lipinski definition) is 3. The molecule has 0 spiro atoms. The molecule has 1 aromatic carbocycles. The lowest BCUT2D eigenvalue weighted by molar-refractivity contribution is -0.125. The second-order valence-corrected chi connectivity index (χ2v) is 5.82. The van der Waals surface area contributed by atoms with Crippen LogP contribution in [0.5, 0.6) is 0 Å². The van der Waals surface area contributed by atoms with Crippen LogP contribution in [0.1, 0.15) is 34.6 Å². The molecule has 1 aromatic rings. The Bertz CT molecular complexity index is 674. The number of nitrogens with one attached hydrogen (secondary N) is 2. The molecule has 0 aliphatic rings. The van der Waals surface area contributed by atoms with E-state index in [1.54, 1.807) is 13.8 Å². The third-order valence-corrected chi connectivity index (χ3v) is 3.50. The Kier molecular flexibility index (Phi) is 10.1. The Balaban J connectivity index is 0.00000676. The fourth-order valence-electron chi connectivity index (χ4n) is 1.96. The number of amides is 2. The number of halogens is 1. The minimum absolute atomic E-state index is 0. The first-order chi connectivity index (χ1) is 12.2. The van der Waals surface area contributed by atoms with Crippen LogP contribution in [0.2, 0.25) is 0 Å². The zero-order valence-electron chi connectivity index (χ0n) is 15.5. The average molecular weight is 402 g/mol. The molecule has 2 amide bonds. The Hall–Kier alpha value is -2.65. The lowest BCUT2D eigenvalue weighted by atomic mass is 10.1. The van der Waals surface area contributed by atoms with Crippen LogP contribution in [0.15, 0.2) is 18.2 Å². The summed E-state index contributed by atoms with van der Waals surface area (Å²) in [5.41, 5.74) is 6.00. The standard InChI is InChI=1S/C17H23N3O6.ClH/c1-9(2)14(18)15(22)19-8-13(21)20-12-6-10(16(23)25-3)5-11(7-12)17(24)26-4;/h5-7,9,14H,8,18H2,1-4H3,(H,19,22)(H,20,21);1H/t14-;/m0./s1. The van der Waals surface area contributed by atoms with Crippen molar-refractivity contribution < 1.29 is 28.7 Å². The van der Waals surface area contributed by atoms with Crippen LogP contribution in [0.25, 0.3) is 0 Å². The summed E-state index contributed by atoms with van der Waals surface area (Å²) in [6.45, 7) is 3.27. The monoisotopic (exact) mass is 401 g/mol. The van der Waals surface area contributed by atoms with E-state index < -0.39 is 29.8 Å². The van der Waals surface area contributed by atoms with Gasteiger partial charge in [-0.25, -0.2) is 9.59 Å². The minimum Gasteiger partial charge on any atom is -0.465 e. The number of hydrogen-bond acceptors (Lipinski definition) is 7. The molecule has 9 nitrogen and oxygen atoms in total. The third-order valence-electron chi connectivity index (χ3n) is 3.50. The molecule has 1 rings (SSSR count). The number of esters is 2. The molecule has 0 radical (unpaired) electrons. The molecule has 0 unspecified atom stereocenters.